The maximum absolute atomic E-state index is 10.9. The summed E-state index contributed by atoms with van der Waals surface area (Å²) in [5.41, 5.74) is 8.50. The third-order valence-electron chi connectivity index (χ3n) is 3.02. The number of primary amides is 1. The number of aliphatic carboxylic acids is 1. The highest BCUT2D eigenvalue weighted by molar-refractivity contribution is 5.90. The number of hydrogen-bond donors (Lipinski definition) is 2. The Labute approximate surface area is 122 Å². The molecule has 0 aromatic heterocycles. The van der Waals surface area contributed by atoms with Crippen molar-refractivity contribution in [2.75, 3.05) is 0 Å². The summed E-state index contributed by atoms with van der Waals surface area (Å²) in [6.45, 7) is 0. The van der Waals surface area contributed by atoms with Crippen LogP contribution in [0.1, 0.15) is 11.1 Å². The molecular formula is C17H15NO3. The highest BCUT2D eigenvalue weighted by Crippen LogP contribution is 2.24. The molecule has 0 aliphatic heterocycles. The number of carboxylic acids is 1. The van der Waals surface area contributed by atoms with Gasteiger partial charge in [0.05, 0.1) is 6.42 Å². The molecule has 21 heavy (non-hydrogen) atoms. The molecule has 2 rings (SSSR count). The smallest absolute Gasteiger partial charge is 0.307 e. The topological polar surface area (TPSA) is 80.4 Å². The molecule has 106 valence electrons. The van der Waals surface area contributed by atoms with E-state index in [4.69, 9.17) is 10.8 Å². The van der Waals surface area contributed by atoms with Crippen molar-refractivity contribution in [1.82, 2.24) is 0 Å². The summed E-state index contributed by atoms with van der Waals surface area (Å²) in [6, 6.07) is 14.9. The average molecular weight is 281 g/mol. The van der Waals surface area contributed by atoms with E-state index < -0.39 is 11.9 Å². The number of carbonyl (C=O) groups excluding carboxylic acids is 1. The zero-order valence-corrected chi connectivity index (χ0v) is 11.3. The highest BCUT2D eigenvalue weighted by Gasteiger charge is 2.07. The molecule has 0 saturated heterocycles. The Hall–Kier alpha value is -2.88. The van der Waals surface area contributed by atoms with Gasteiger partial charge in [-0.1, -0.05) is 48.5 Å². The van der Waals surface area contributed by atoms with Crippen LogP contribution in [0.3, 0.4) is 0 Å². The van der Waals surface area contributed by atoms with Gasteiger partial charge in [0.25, 0.3) is 0 Å². The van der Waals surface area contributed by atoms with Gasteiger partial charge in [0.15, 0.2) is 0 Å². The van der Waals surface area contributed by atoms with Crippen LogP contribution in [0.5, 0.6) is 0 Å². The van der Waals surface area contributed by atoms with Crippen LogP contribution < -0.4 is 5.73 Å². The fraction of sp³-hybridized carbons (Fsp3) is 0.0588. The molecule has 3 N–H and O–H groups in total. The summed E-state index contributed by atoms with van der Waals surface area (Å²) in [7, 11) is 0. The number of amides is 1. The Bertz CT molecular complexity index is 687. The fourth-order valence-electron chi connectivity index (χ4n) is 2.07. The molecule has 2 aromatic rings. The van der Waals surface area contributed by atoms with Crippen LogP contribution in [-0.4, -0.2) is 17.0 Å². The van der Waals surface area contributed by atoms with Crippen LogP contribution >= 0.6 is 0 Å². The van der Waals surface area contributed by atoms with E-state index in [9.17, 15) is 9.59 Å². The van der Waals surface area contributed by atoms with E-state index in [0.717, 1.165) is 22.3 Å². The van der Waals surface area contributed by atoms with Gasteiger partial charge in [-0.15, -0.1) is 0 Å². The van der Waals surface area contributed by atoms with Crippen LogP contribution in [0, 0.1) is 0 Å². The Morgan fingerprint density at radius 1 is 1.05 bits per heavy atom. The second-order valence-corrected chi connectivity index (χ2v) is 4.59. The normalized spacial score (nSPS) is 10.7. The summed E-state index contributed by atoms with van der Waals surface area (Å²) in [6.07, 6.45) is 2.92. The SMILES string of the molecule is NC(=O)/C=C\c1ccc(-c2ccccc2CC(=O)O)cc1. The summed E-state index contributed by atoms with van der Waals surface area (Å²) < 4.78 is 0. The lowest BCUT2D eigenvalue weighted by Crippen LogP contribution is -2.05. The third kappa shape index (κ3) is 4.04. The number of carbonyl (C=O) groups is 2. The molecule has 0 heterocycles. The molecule has 4 nitrogen and oxygen atoms in total. The minimum absolute atomic E-state index is 0.0144. The second kappa shape index (κ2) is 6.52. The van der Waals surface area contributed by atoms with Crippen molar-refractivity contribution in [3.05, 3.63) is 65.7 Å². The van der Waals surface area contributed by atoms with Crippen molar-refractivity contribution in [1.29, 1.82) is 0 Å². The number of hydrogen-bond acceptors (Lipinski definition) is 2. The standard InChI is InChI=1S/C17H15NO3/c18-16(19)10-7-12-5-8-13(9-6-12)15-4-2-1-3-14(15)11-17(20)21/h1-10H,11H2,(H2,18,19)(H,20,21)/b10-7-. The molecule has 0 unspecified atom stereocenters. The van der Waals surface area contributed by atoms with Gasteiger partial charge in [-0.2, -0.15) is 0 Å². The van der Waals surface area contributed by atoms with Crippen LogP contribution in [0.15, 0.2) is 54.6 Å². The first-order valence-electron chi connectivity index (χ1n) is 6.44. The molecule has 0 bridgehead atoms. The zero-order chi connectivity index (χ0) is 15.2. The molecular weight excluding hydrogens is 266 g/mol. The van der Waals surface area contributed by atoms with Gasteiger partial charge in [0.1, 0.15) is 0 Å². The minimum atomic E-state index is -0.858. The average Bonchev–Trinajstić information content (AvgIpc) is 2.46. The molecule has 0 fully saturated rings. The molecule has 0 spiro atoms. The highest BCUT2D eigenvalue weighted by atomic mass is 16.4. The van der Waals surface area contributed by atoms with Crippen molar-refractivity contribution in [3.8, 4) is 11.1 Å². The maximum Gasteiger partial charge on any atom is 0.307 e. The minimum Gasteiger partial charge on any atom is -0.481 e. The molecule has 0 atom stereocenters. The van der Waals surface area contributed by atoms with Gasteiger partial charge in [-0.05, 0) is 28.3 Å². The van der Waals surface area contributed by atoms with Crippen molar-refractivity contribution in [2.45, 2.75) is 6.42 Å². The Balaban J connectivity index is 2.30. The van der Waals surface area contributed by atoms with E-state index >= 15 is 0 Å². The van der Waals surface area contributed by atoms with E-state index in [1.54, 1.807) is 6.08 Å². The molecule has 1 amide bonds. The summed E-state index contributed by atoms with van der Waals surface area (Å²) >= 11 is 0. The summed E-state index contributed by atoms with van der Waals surface area (Å²) in [4.78, 5) is 21.6. The van der Waals surface area contributed by atoms with E-state index in [1.807, 2.05) is 48.5 Å². The van der Waals surface area contributed by atoms with Gasteiger partial charge in [0, 0.05) is 6.08 Å². The first kappa shape index (κ1) is 14.5. The monoisotopic (exact) mass is 281 g/mol. The Morgan fingerprint density at radius 2 is 1.71 bits per heavy atom. The molecule has 0 aliphatic carbocycles. The first-order valence-corrected chi connectivity index (χ1v) is 6.44. The quantitative estimate of drug-likeness (QED) is 0.826. The molecule has 0 aliphatic rings. The summed E-state index contributed by atoms with van der Waals surface area (Å²) in [5, 5.41) is 8.95. The van der Waals surface area contributed by atoms with Crippen molar-refractivity contribution in [2.24, 2.45) is 5.73 Å². The number of nitrogens with two attached hydrogens (primary N) is 1. The molecule has 4 heteroatoms. The van der Waals surface area contributed by atoms with Crippen LogP contribution in [-0.2, 0) is 16.0 Å². The predicted molar refractivity (Wildman–Crippen MR) is 81.4 cm³/mol. The van der Waals surface area contributed by atoms with E-state index in [2.05, 4.69) is 0 Å². The first-order chi connectivity index (χ1) is 10.1. The van der Waals surface area contributed by atoms with Gasteiger partial charge in [0.2, 0.25) is 5.91 Å². The zero-order valence-electron chi connectivity index (χ0n) is 11.3. The van der Waals surface area contributed by atoms with Crippen LogP contribution in [0.2, 0.25) is 0 Å². The largest absolute Gasteiger partial charge is 0.481 e. The van der Waals surface area contributed by atoms with Crippen molar-refractivity contribution >= 4 is 18.0 Å². The number of rotatable bonds is 5. The lowest BCUT2D eigenvalue weighted by molar-refractivity contribution is -0.136. The Kier molecular flexibility index (Phi) is 4.51. The predicted octanol–water partition coefficient (Wildman–Crippen LogP) is 2.48. The van der Waals surface area contributed by atoms with E-state index in [1.165, 1.54) is 6.08 Å². The van der Waals surface area contributed by atoms with Crippen molar-refractivity contribution in [3.63, 3.8) is 0 Å². The molecule has 2 aromatic carbocycles. The Morgan fingerprint density at radius 3 is 2.33 bits per heavy atom. The lowest BCUT2D eigenvalue weighted by atomic mass is 9.97. The van der Waals surface area contributed by atoms with Crippen LogP contribution in [0.4, 0.5) is 0 Å². The van der Waals surface area contributed by atoms with Gasteiger partial charge < -0.3 is 10.8 Å². The van der Waals surface area contributed by atoms with Gasteiger partial charge in [-0.25, -0.2) is 0 Å². The van der Waals surface area contributed by atoms with Crippen LogP contribution in [0.25, 0.3) is 17.2 Å². The van der Waals surface area contributed by atoms with E-state index in [-0.39, 0.29) is 6.42 Å². The number of carboxylic acid groups (broad SMARTS) is 1. The van der Waals surface area contributed by atoms with E-state index in [0.29, 0.717) is 0 Å². The molecule has 0 radical (unpaired) electrons. The fourth-order valence-corrected chi connectivity index (χ4v) is 2.07. The number of benzene rings is 2. The third-order valence-corrected chi connectivity index (χ3v) is 3.02. The van der Waals surface area contributed by atoms with Gasteiger partial charge in [-0.3, -0.25) is 9.59 Å². The molecule has 0 saturated carbocycles. The van der Waals surface area contributed by atoms with Gasteiger partial charge >= 0.3 is 5.97 Å². The van der Waals surface area contributed by atoms with Crippen molar-refractivity contribution < 1.29 is 14.7 Å². The summed E-state index contributed by atoms with van der Waals surface area (Å²) in [5.74, 6) is -1.35. The maximum atomic E-state index is 10.9. The lowest BCUT2D eigenvalue weighted by Gasteiger charge is -2.08. The second-order valence-electron chi connectivity index (χ2n) is 4.59.